The number of hydrogen-bond acceptors (Lipinski definition) is 5. The largest absolute Gasteiger partial charge is 0.356 e. The van der Waals surface area contributed by atoms with Gasteiger partial charge >= 0.3 is 0 Å². The van der Waals surface area contributed by atoms with E-state index in [1.807, 2.05) is 36.9 Å². The van der Waals surface area contributed by atoms with Crippen molar-refractivity contribution in [1.29, 1.82) is 0 Å². The minimum atomic E-state index is 0. The van der Waals surface area contributed by atoms with Crippen molar-refractivity contribution < 1.29 is 0 Å². The smallest absolute Gasteiger partial charge is 0.191 e. The normalized spacial score (nSPS) is 17.1. The number of aryl methyl sites for hydroxylation is 1. The summed E-state index contributed by atoms with van der Waals surface area (Å²) in [5.41, 5.74) is 1.14. The fraction of sp³-hybridized carbons (Fsp3) is 0.600. The highest BCUT2D eigenvalue weighted by atomic mass is 127. The summed E-state index contributed by atoms with van der Waals surface area (Å²) in [7, 11) is 1.96. The van der Waals surface area contributed by atoms with Gasteiger partial charge < -0.3 is 15.2 Å². The fourth-order valence-electron chi connectivity index (χ4n) is 3.55. The van der Waals surface area contributed by atoms with E-state index < -0.39 is 0 Å². The van der Waals surface area contributed by atoms with Crippen molar-refractivity contribution in [3.63, 3.8) is 0 Å². The molecular weight excluding hydrogens is 515 g/mol. The van der Waals surface area contributed by atoms with Crippen molar-refractivity contribution in [1.82, 2.24) is 35.3 Å². The molecule has 0 spiro atoms. The van der Waals surface area contributed by atoms with Crippen LogP contribution >= 0.6 is 35.6 Å². The Bertz CT molecular complexity index is 808. The Morgan fingerprint density at radius 3 is 2.80 bits per heavy atom. The topological polar surface area (TPSA) is 83.3 Å². The van der Waals surface area contributed by atoms with Crippen LogP contribution in [0.4, 0.5) is 0 Å². The molecule has 166 valence electrons. The number of pyridine rings is 1. The number of likely N-dealkylation sites (tertiary alicyclic amines) is 1. The minimum absolute atomic E-state index is 0. The molecule has 2 aromatic rings. The van der Waals surface area contributed by atoms with E-state index in [0.29, 0.717) is 17.7 Å². The molecule has 30 heavy (non-hydrogen) atoms. The Morgan fingerprint density at radius 2 is 2.13 bits per heavy atom. The van der Waals surface area contributed by atoms with E-state index in [9.17, 15) is 0 Å². The number of hydrogen-bond donors (Lipinski definition) is 2. The van der Waals surface area contributed by atoms with E-state index >= 15 is 0 Å². The molecule has 3 rings (SSSR count). The number of halogens is 2. The monoisotopic (exact) mass is 546 g/mol. The van der Waals surface area contributed by atoms with E-state index in [2.05, 4.69) is 37.6 Å². The van der Waals surface area contributed by atoms with Gasteiger partial charge in [0.25, 0.3) is 0 Å². The summed E-state index contributed by atoms with van der Waals surface area (Å²) < 4.78 is 1.97. The van der Waals surface area contributed by atoms with Gasteiger partial charge in [-0.15, -0.1) is 34.2 Å². The van der Waals surface area contributed by atoms with Gasteiger partial charge in [0.1, 0.15) is 17.5 Å². The first-order chi connectivity index (χ1) is 14.1. The maximum absolute atomic E-state index is 5.86. The molecule has 1 unspecified atom stereocenters. The highest BCUT2D eigenvalue weighted by molar-refractivity contribution is 14.0. The number of aromatic nitrogens is 4. The van der Waals surface area contributed by atoms with Crippen LogP contribution in [-0.2, 0) is 20.0 Å². The van der Waals surface area contributed by atoms with Crippen molar-refractivity contribution in [2.24, 2.45) is 12.0 Å². The first-order valence-corrected chi connectivity index (χ1v) is 10.7. The van der Waals surface area contributed by atoms with Crippen LogP contribution in [-0.4, -0.2) is 62.8 Å². The van der Waals surface area contributed by atoms with E-state index in [1.54, 1.807) is 0 Å². The lowest BCUT2D eigenvalue weighted by molar-refractivity contribution is 0.267. The van der Waals surface area contributed by atoms with Gasteiger partial charge in [0.05, 0.1) is 0 Å². The van der Waals surface area contributed by atoms with Crippen LogP contribution < -0.4 is 10.6 Å². The second kappa shape index (κ2) is 12.4. The molecule has 0 bridgehead atoms. The van der Waals surface area contributed by atoms with E-state index in [4.69, 9.17) is 16.6 Å². The Labute approximate surface area is 200 Å². The highest BCUT2D eigenvalue weighted by Gasteiger charge is 2.22. The predicted molar refractivity (Wildman–Crippen MR) is 132 cm³/mol. The zero-order valence-electron chi connectivity index (χ0n) is 17.9. The van der Waals surface area contributed by atoms with Gasteiger partial charge in [0, 0.05) is 32.4 Å². The lowest BCUT2D eigenvalue weighted by Crippen LogP contribution is -2.45. The average molecular weight is 547 g/mol. The molecule has 1 aliphatic rings. The third-order valence-corrected chi connectivity index (χ3v) is 5.69. The van der Waals surface area contributed by atoms with E-state index in [-0.39, 0.29) is 24.0 Å². The standard InChI is InChI=1S/C20H31ClN8.HI/c1-4-29-11-5-6-17(29)13-24-20(25-14-19-27-26-15(2)28(19)3)22-10-9-16-7-8-18(21)23-12-16;/h7-8,12,17H,4-6,9-11,13-14H2,1-3H3,(H2,22,24,25);1H. The molecule has 2 aromatic heterocycles. The van der Waals surface area contributed by atoms with Crippen LogP contribution in [0, 0.1) is 6.92 Å². The van der Waals surface area contributed by atoms with Gasteiger partial charge in [0.15, 0.2) is 11.8 Å². The zero-order valence-corrected chi connectivity index (χ0v) is 21.0. The highest BCUT2D eigenvalue weighted by Crippen LogP contribution is 2.15. The molecule has 1 fully saturated rings. The summed E-state index contributed by atoms with van der Waals surface area (Å²) in [6, 6.07) is 4.38. The Balaban J connectivity index is 0.00000320. The van der Waals surface area contributed by atoms with Crippen LogP contribution in [0.15, 0.2) is 23.3 Å². The molecular formula is C20H32ClIN8. The van der Waals surface area contributed by atoms with E-state index in [1.165, 1.54) is 19.4 Å². The zero-order chi connectivity index (χ0) is 20.6. The molecule has 0 radical (unpaired) electrons. The van der Waals surface area contributed by atoms with Crippen LogP contribution in [0.2, 0.25) is 5.15 Å². The van der Waals surface area contributed by atoms with Crippen molar-refractivity contribution in [2.45, 2.75) is 45.7 Å². The van der Waals surface area contributed by atoms with Crippen molar-refractivity contribution in [3.8, 4) is 0 Å². The molecule has 0 saturated carbocycles. The number of rotatable bonds is 8. The van der Waals surface area contributed by atoms with Crippen molar-refractivity contribution >= 4 is 41.5 Å². The molecule has 0 aromatic carbocycles. The SMILES string of the molecule is CCN1CCCC1CNC(=NCc1nnc(C)n1C)NCCc1ccc(Cl)nc1.I. The first-order valence-electron chi connectivity index (χ1n) is 10.3. The molecule has 2 N–H and O–H groups in total. The fourth-order valence-corrected chi connectivity index (χ4v) is 3.66. The number of nitrogens with zero attached hydrogens (tertiary/aromatic N) is 6. The average Bonchev–Trinajstić information content (AvgIpc) is 3.31. The lowest BCUT2D eigenvalue weighted by atomic mass is 10.2. The van der Waals surface area contributed by atoms with Crippen molar-refractivity contribution in [3.05, 3.63) is 40.7 Å². The number of aliphatic imine (C=N–C) groups is 1. The Kier molecular flexibility index (Phi) is 10.3. The van der Waals surface area contributed by atoms with Crippen LogP contribution in [0.5, 0.6) is 0 Å². The lowest BCUT2D eigenvalue weighted by Gasteiger charge is -2.24. The van der Waals surface area contributed by atoms with Gasteiger partial charge in [-0.25, -0.2) is 9.98 Å². The number of guanidine groups is 1. The molecule has 3 heterocycles. The van der Waals surface area contributed by atoms with Crippen molar-refractivity contribution in [2.75, 3.05) is 26.2 Å². The van der Waals surface area contributed by atoms with Crippen LogP contribution in [0.3, 0.4) is 0 Å². The third kappa shape index (κ3) is 7.05. The maximum atomic E-state index is 5.86. The van der Waals surface area contributed by atoms with Gasteiger partial charge in [-0.05, 0) is 50.9 Å². The third-order valence-electron chi connectivity index (χ3n) is 5.47. The second-order valence-electron chi connectivity index (χ2n) is 7.36. The summed E-state index contributed by atoms with van der Waals surface area (Å²) in [5, 5.41) is 15.8. The molecule has 1 saturated heterocycles. The Hall–Kier alpha value is -1.46. The number of likely N-dealkylation sites (N-methyl/N-ethyl adjacent to an activating group) is 1. The molecule has 0 aliphatic carbocycles. The van der Waals surface area contributed by atoms with Gasteiger partial charge in [0.2, 0.25) is 0 Å². The summed E-state index contributed by atoms with van der Waals surface area (Å²) in [5.74, 6) is 2.54. The number of nitrogens with one attached hydrogen (secondary N) is 2. The summed E-state index contributed by atoms with van der Waals surface area (Å²) in [4.78, 5) is 11.4. The summed E-state index contributed by atoms with van der Waals surface area (Å²) in [6.45, 7) is 8.57. The summed E-state index contributed by atoms with van der Waals surface area (Å²) in [6.07, 6.45) is 5.15. The minimum Gasteiger partial charge on any atom is -0.356 e. The molecule has 0 amide bonds. The quantitative estimate of drug-likeness (QED) is 0.229. The Morgan fingerprint density at radius 1 is 1.30 bits per heavy atom. The predicted octanol–water partition coefficient (Wildman–Crippen LogP) is 2.55. The van der Waals surface area contributed by atoms with Crippen LogP contribution in [0.1, 0.15) is 37.0 Å². The van der Waals surface area contributed by atoms with Gasteiger partial charge in [-0.1, -0.05) is 24.6 Å². The van der Waals surface area contributed by atoms with Crippen LogP contribution in [0.25, 0.3) is 0 Å². The molecule has 10 heteroatoms. The second-order valence-corrected chi connectivity index (χ2v) is 7.75. The molecule has 8 nitrogen and oxygen atoms in total. The van der Waals surface area contributed by atoms with Gasteiger partial charge in [-0.3, -0.25) is 4.90 Å². The van der Waals surface area contributed by atoms with Gasteiger partial charge in [-0.2, -0.15) is 0 Å². The molecule has 1 aliphatic heterocycles. The maximum Gasteiger partial charge on any atom is 0.191 e. The molecule has 1 atom stereocenters. The first kappa shape index (κ1) is 24.8. The summed E-state index contributed by atoms with van der Waals surface area (Å²) >= 11 is 5.86. The van der Waals surface area contributed by atoms with E-state index in [0.717, 1.165) is 49.2 Å².